The lowest BCUT2D eigenvalue weighted by Gasteiger charge is -2.06. The molecule has 0 bridgehead atoms. The highest BCUT2D eigenvalue weighted by molar-refractivity contribution is 7.89. The normalized spacial score (nSPS) is 11.4. The van der Waals surface area contributed by atoms with Gasteiger partial charge < -0.3 is 0 Å². The molecule has 0 aliphatic carbocycles. The van der Waals surface area contributed by atoms with E-state index in [9.17, 15) is 8.42 Å². The number of benzene rings is 1. The Kier molecular flexibility index (Phi) is 6.81. The van der Waals surface area contributed by atoms with Gasteiger partial charge in [0.1, 0.15) is 0 Å². The Morgan fingerprint density at radius 2 is 1.84 bits per heavy atom. The van der Waals surface area contributed by atoms with E-state index in [1.165, 1.54) is 30.9 Å². The molecule has 1 aromatic carbocycles. The third-order valence-electron chi connectivity index (χ3n) is 2.97. The quantitative estimate of drug-likeness (QED) is 0.558. The van der Waals surface area contributed by atoms with Crippen LogP contribution in [-0.4, -0.2) is 15.0 Å². The molecule has 0 aliphatic heterocycles. The molecule has 0 aromatic heterocycles. The van der Waals surface area contributed by atoms with Gasteiger partial charge in [0.25, 0.3) is 0 Å². The number of rotatable bonds is 9. The van der Waals surface area contributed by atoms with Gasteiger partial charge in [-0.3, -0.25) is 0 Å². The largest absolute Gasteiger partial charge is 0.240 e. The van der Waals surface area contributed by atoms with Crippen LogP contribution in [0.15, 0.2) is 41.8 Å². The van der Waals surface area contributed by atoms with E-state index in [1.807, 2.05) is 12.1 Å². The van der Waals surface area contributed by atoms with Crippen molar-refractivity contribution < 1.29 is 8.42 Å². The zero-order valence-electron chi connectivity index (χ0n) is 11.6. The molecule has 1 aromatic rings. The Balaban J connectivity index is 2.58. The fraction of sp³-hybridized carbons (Fsp3) is 0.467. The molecular weight excluding hydrogens is 258 g/mol. The second-order valence-corrected chi connectivity index (χ2v) is 6.36. The molecule has 0 saturated carbocycles. The summed E-state index contributed by atoms with van der Waals surface area (Å²) in [6.07, 6.45) is 7.43. The maximum atomic E-state index is 11.8. The molecule has 3 nitrogen and oxygen atoms in total. The summed E-state index contributed by atoms with van der Waals surface area (Å²) in [7, 11) is -3.39. The molecule has 0 saturated heterocycles. The number of aryl methyl sites for hydroxylation is 1. The lowest BCUT2D eigenvalue weighted by molar-refractivity contribution is 0.585. The van der Waals surface area contributed by atoms with Crippen LogP contribution in [0.25, 0.3) is 0 Å². The molecule has 0 aliphatic rings. The minimum atomic E-state index is -3.39. The highest BCUT2D eigenvalue weighted by Gasteiger charge is 2.11. The molecule has 106 valence electrons. The summed E-state index contributed by atoms with van der Waals surface area (Å²) in [6, 6.07) is 7.13. The monoisotopic (exact) mass is 281 g/mol. The number of hydrogen-bond acceptors (Lipinski definition) is 2. The SMILES string of the molecule is C=CCNS(=O)(=O)c1ccc(CCCCCC)cc1. The van der Waals surface area contributed by atoms with E-state index in [4.69, 9.17) is 0 Å². The van der Waals surface area contributed by atoms with Gasteiger partial charge in [0.15, 0.2) is 0 Å². The van der Waals surface area contributed by atoms with Gasteiger partial charge in [-0.05, 0) is 30.5 Å². The van der Waals surface area contributed by atoms with Gasteiger partial charge in [0, 0.05) is 6.54 Å². The van der Waals surface area contributed by atoms with Crippen LogP contribution in [0.2, 0.25) is 0 Å². The second-order valence-electron chi connectivity index (χ2n) is 4.60. The molecular formula is C15H23NO2S. The predicted octanol–water partition coefficient (Wildman–Crippen LogP) is 3.27. The first-order chi connectivity index (χ1) is 9.10. The number of sulfonamides is 1. The van der Waals surface area contributed by atoms with Crippen molar-refractivity contribution in [3.63, 3.8) is 0 Å². The van der Waals surface area contributed by atoms with Crippen molar-refractivity contribution in [1.29, 1.82) is 0 Å². The third-order valence-corrected chi connectivity index (χ3v) is 4.41. The van der Waals surface area contributed by atoms with Crippen LogP contribution >= 0.6 is 0 Å². The first kappa shape index (κ1) is 15.9. The predicted molar refractivity (Wildman–Crippen MR) is 79.7 cm³/mol. The summed E-state index contributed by atoms with van der Waals surface area (Å²) in [5, 5.41) is 0. The fourth-order valence-electron chi connectivity index (χ4n) is 1.84. The summed E-state index contributed by atoms with van der Waals surface area (Å²) < 4.78 is 26.1. The number of nitrogens with one attached hydrogen (secondary N) is 1. The van der Waals surface area contributed by atoms with Crippen molar-refractivity contribution in [2.24, 2.45) is 0 Å². The first-order valence-electron chi connectivity index (χ1n) is 6.79. The molecule has 1 rings (SSSR count). The Bertz CT molecular complexity index is 477. The third kappa shape index (κ3) is 5.57. The highest BCUT2D eigenvalue weighted by Crippen LogP contribution is 2.13. The summed E-state index contributed by atoms with van der Waals surface area (Å²) >= 11 is 0. The minimum absolute atomic E-state index is 0.251. The van der Waals surface area contributed by atoms with E-state index >= 15 is 0 Å². The molecule has 0 unspecified atom stereocenters. The van der Waals surface area contributed by atoms with Crippen molar-refractivity contribution in [3.05, 3.63) is 42.5 Å². The van der Waals surface area contributed by atoms with E-state index in [0.29, 0.717) is 4.90 Å². The number of unbranched alkanes of at least 4 members (excludes halogenated alkanes) is 3. The maximum Gasteiger partial charge on any atom is 0.240 e. The van der Waals surface area contributed by atoms with Crippen molar-refractivity contribution in [2.45, 2.75) is 43.9 Å². The molecule has 0 fully saturated rings. The van der Waals surface area contributed by atoms with Crippen LogP contribution in [0.1, 0.15) is 38.2 Å². The highest BCUT2D eigenvalue weighted by atomic mass is 32.2. The van der Waals surface area contributed by atoms with E-state index < -0.39 is 10.0 Å². The first-order valence-corrected chi connectivity index (χ1v) is 8.28. The summed E-state index contributed by atoms with van der Waals surface area (Å²) in [5.74, 6) is 0. The summed E-state index contributed by atoms with van der Waals surface area (Å²) in [5.41, 5.74) is 1.19. The van der Waals surface area contributed by atoms with Gasteiger partial charge in [-0.2, -0.15) is 0 Å². The van der Waals surface area contributed by atoms with E-state index in [2.05, 4.69) is 18.2 Å². The van der Waals surface area contributed by atoms with Crippen LogP contribution in [-0.2, 0) is 16.4 Å². The molecule has 1 N–H and O–H groups in total. The Labute approximate surface area is 116 Å². The average Bonchev–Trinajstić information content (AvgIpc) is 2.42. The molecule has 0 heterocycles. The Morgan fingerprint density at radius 1 is 1.16 bits per heavy atom. The van der Waals surface area contributed by atoms with Crippen LogP contribution < -0.4 is 4.72 Å². The van der Waals surface area contributed by atoms with Gasteiger partial charge in [-0.25, -0.2) is 13.1 Å². The molecule has 0 atom stereocenters. The molecule has 0 radical (unpaired) electrons. The fourth-order valence-corrected chi connectivity index (χ4v) is 2.84. The van der Waals surface area contributed by atoms with E-state index in [1.54, 1.807) is 12.1 Å². The second kappa shape index (κ2) is 8.12. The van der Waals surface area contributed by atoms with Crippen LogP contribution in [0.4, 0.5) is 0 Å². The summed E-state index contributed by atoms with van der Waals surface area (Å²) in [6.45, 7) is 5.93. The van der Waals surface area contributed by atoms with Gasteiger partial charge in [-0.15, -0.1) is 6.58 Å². The van der Waals surface area contributed by atoms with Crippen LogP contribution in [0.5, 0.6) is 0 Å². The molecule has 0 amide bonds. The van der Waals surface area contributed by atoms with Gasteiger partial charge in [0.2, 0.25) is 10.0 Å². The van der Waals surface area contributed by atoms with Gasteiger partial charge in [-0.1, -0.05) is 44.4 Å². The maximum absolute atomic E-state index is 11.8. The molecule has 4 heteroatoms. The zero-order chi connectivity index (χ0) is 14.1. The average molecular weight is 281 g/mol. The van der Waals surface area contributed by atoms with Crippen LogP contribution in [0, 0.1) is 0 Å². The van der Waals surface area contributed by atoms with Gasteiger partial charge in [0.05, 0.1) is 4.90 Å². The van der Waals surface area contributed by atoms with E-state index in [0.717, 1.165) is 12.8 Å². The lowest BCUT2D eigenvalue weighted by Crippen LogP contribution is -2.23. The van der Waals surface area contributed by atoms with Crippen molar-refractivity contribution in [1.82, 2.24) is 4.72 Å². The van der Waals surface area contributed by atoms with Crippen molar-refractivity contribution >= 4 is 10.0 Å². The Hall–Kier alpha value is -1.13. The van der Waals surface area contributed by atoms with Crippen LogP contribution in [0.3, 0.4) is 0 Å². The standard InChI is InChI=1S/C15H23NO2S/c1-3-5-6-7-8-14-9-11-15(12-10-14)19(17,18)16-13-4-2/h4,9-12,16H,2-3,5-8,13H2,1H3. The molecule has 0 spiro atoms. The zero-order valence-corrected chi connectivity index (χ0v) is 12.4. The lowest BCUT2D eigenvalue weighted by atomic mass is 10.1. The smallest absolute Gasteiger partial charge is 0.207 e. The van der Waals surface area contributed by atoms with Crippen molar-refractivity contribution in [3.8, 4) is 0 Å². The topological polar surface area (TPSA) is 46.2 Å². The molecule has 19 heavy (non-hydrogen) atoms. The number of hydrogen-bond donors (Lipinski definition) is 1. The Morgan fingerprint density at radius 3 is 2.42 bits per heavy atom. The van der Waals surface area contributed by atoms with Gasteiger partial charge >= 0.3 is 0 Å². The summed E-state index contributed by atoms with van der Waals surface area (Å²) in [4.78, 5) is 0.312. The van der Waals surface area contributed by atoms with E-state index in [-0.39, 0.29) is 6.54 Å². The minimum Gasteiger partial charge on any atom is -0.207 e. The van der Waals surface area contributed by atoms with Crippen molar-refractivity contribution in [2.75, 3.05) is 6.54 Å².